The fraction of sp³-hybridized carbons (Fsp3) is 0.577. The Labute approximate surface area is 239 Å². The average Bonchev–Trinajstić information content (AvgIpc) is 3.29. The third kappa shape index (κ3) is 6.95. The summed E-state index contributed by atoms with van der Waals surface area (Å²) in [5, 5.41) is 13.3. The number of rotatable bonds is 10. The van der Waals surface area contributed by atoms with Gasteiger partial charge >= 0.3 is 12.1 Å². The fourth-order valence-corrected chi connectivity index (χ4v) is 5.55. The van der Waals surface area contributed by atoms with Crippen molar-refractivity contribution in [1.29, 1.82) is 0 Å². The van der Waals surface area contributed by atoms with Gasteiger partial charge in [0.25, 0.3) is 5.91 Å². The lowest BCUT2D eigenvalue weighted by Gasteiger charge is -2.35. The average molecular weight is 607 g/mol. The molecule has 0 aliphatic heterocycles. The maximum absolute atomic E-state index is 14.4. The highest BCUT2D eigenvalue weighted by molar-refractivity contribution is 6.39. The van der Waals surface area contributed by atoms with E-state index < -0.39 is 58.7 Å². The van der Waals surface area contributed by atoms with E-state index in [4.69, 9.17) is 27.9 Å². The number of Topliss-reactive ketones (excluding diaryl/α,β-unsaturated/α-hetero) is 1. The number of ether oxygens (including phenoxy) is 1. The van der Waals surface area contributed by atoms with E-state index in [2.05, 4.69) is 10.1 Å². The highest BCUT2D eigenvalue weighted by Gasteiger charge is 2.45. The molecule has 0 unspecified atom stereocenters. The van der Waals surface area contributed by atoms with Crippen molar-refractivity contribution in [3.05, 3.63) is 45.5 Å². The number of hydrogen-bond acceptors (Lipinski definition) is 6. The molecule has 1 fully saturated rings. The van der Waals surface area contributed by atoms with Gasteiger partial charge in [-0.3, -0.25) is 24.0 Å². The quantitative estimate of drug-likeness (QED) is 0.332. The number of pyridine rings is 1. The maximum Gasteiger partial charge on any atom is 0.433 e. The summed E-state index contributed by atoms with van der Waals surface area (Å²) >= 11 is 12.2. The van der Waals surface area contributed by atoms with Crippen molar-refractivity contribution in [3.63, 3.8) is 0 Å². The Bertz CT molecular complexity index is 1250. The van der Waals surface area contributed by atoms with Crippen LogP contribution in [0.25, 0.3) is 0 Å². The largest absolute Gasteiger partial charge is 0.481 e. The second kappa shape index (κ2) is 12.0. The van der Waals surface area contributed by atoms with Crippen molar-refractivity contribution in [2.24, 2.45) is 5.41 Å². The van der Waals surface area contributed by atoms with E-state index in [0.29, 0.717) is 0 Å². The second-order valence-corrected chi connectivity index (χ2v) is 11.5. The van der Waals surface area contributed by atoms with Crippen molar-refractivity contribution in [3.8, 4) is 0 Å². The van der Waals surface area contributed by atoms with E-state index >= 15 is 0 Å². The van der Waals surface area contributed by atoms with Crippen molar-refractivity contribution in [2.45, 2.75) is 71.2 Å². The van der Waals surface area contributed by atoms with Gasteiger partial charge in [-0.25, -0.2) is 0 Å². The number of aromatic nitrogens is 3. The summed E-state index contributed by atoms with van der Waals surface area (Å²) < 4.78 is 49.7. The van der Waals surface area contributed by atoms with Gasteiger partial charge in [0.2, 0.25) is 0 Å². The smallest absolute Gasteiger partial charge is 0.433 e. The summed E-state index contributed by atoms with van der Waals surface area (Å²) in [7, 11) is 0. The Hall–Kier alpha value is -2.70. The minimum atomic E-state index is -4.96. The van der Waals surface area contributed by atoms with Crippen LogP contribution >= 0.6 is 23.2 Å². The van der Waals surface area contributed by atoms with Gasteiger partial charge in [-0.1, -0.05) is 23.2 Å². The number of aliphatic carboxylic acids is 1. The molecule has 0 spiro atoms. The molecule has 0 radical (unpaired) electrons. The van der Waals surface area contributed by atoms with Gasteiger partial charge in [-0.05, 0) is 53.4 Å². The first-order valence-corrected chi connectivity index (χ1v) is 13.4. The van der Waals surface area contributed by atoms with Gasteiger partial charge in [0.15, 0.2) is 11.5 Å². The number of ketones is 1. The molecule has 1 saturated carbocycles. The van der Waals surface area contributed by atoms with Crippen LogP contribution in [0, 0.1) is 5.41 Å². The summed E-state index contributed by atoms with van der Waals surface area (Å²) in [6.45, 7) is 5.96. The van der Waals surface area contributed by atoms with Crippen molar-refractivity contribution in [2.75, 3.05) is 19.7 Å². The summed E-state index contributed by atoms with van der Waals surface area (Å²) in [5.74, 6) is -2.78. The predicted molar refractivity (Wildman–Crippen MR) is 141 cm³/mol. The van der Waals surface area contributed by atoms with Gasteiger partial charge in [-0.15, -0.1) is 0 Å². The van der Waals surface area contributed by atoms with Crippen LogP contribution in [0.3, 0.4) is 0 Å². The third-order valence-corrected chi connectivity index (χ3v) is 7.65. The molecule has 220 valence electrons. The number of carboxylic acids is 1. The predicted octanol–water partition coefficient (Wildman–Crippen LogP) is 5.95. The first-order chi connectivity index (χ1) is 18.5. The number of hydrogen-bond donors (Lipinski definition) is 1. The van der Waals surface area contributed by atoms with Crippen LogP contribution in [-0.2, 0) is 15.7 Å². The number of halogens is 5. The number of carbonyl (C=O) groups is 3. The molecule has 1 amide bonds. The van der Waals surface area contributed by atoms with Gasteiger partial charge in [0, 0.05) is 25.5 Å². The lowest BCUT2D eigenvalue weighted by atomic mass is 9.74. The number of nitrogens with zero attached hydrogens (tertiary/aromatic N) is 4. The first-order valence-electron chi connectivity index (χ1n) is 12.6. The Balaban J connectivity index is 2.01. The number of carboxylic acid groups (broad SMARTS) is 1. The zero-order chi connectivity index (χ0) is 30.0. The van der Waals surface area contributed by atoms with Crippen LogP contribution in [0.15, 0.2) is 18.6 Å². The van der Waals surface area contributed by atoms with E-state index in [1.807, 2.05) is 0 Å². The Morgan fingerprint density at radius 3 is 2.23 bits per heavy atom. The number of alkyl halides is 3. The highest BCUT2D eigenvalue weighted by Crippen LogP contribution is 2.43. The molecule has 0 atom stereocenters. The normalized spacial score (nSPS) is 19.9. The molecule has 2 aromatic heterocycles. The zero-order valence-electron chi connectivity index (χ0n) is 22.5. The monoisotopic (exact) mass is 606 g/mol. The van der Waals surface area contributed by atoms with Crippen LogP contribution in [0.2, 0.25) is 10.0 Å². The van der Waals surface area contributed by atoms with Crippen LogP contribution < -0.4 is 0 Å². The maximum atomic E-state index is 14.4. The molecular formula is C26H31Cl2F3N4O5. The molecule has 0 saturated heterocycles. The van der Waals surface area contributed by atoms with Crippen molar-refractivity contribution >= 4 is 40.9 Å². The standard InChI is InChI=1S/C26H31Cl2F3N4O5/c1-5-40-24(2,3)14-34(13-19(36)20-17(27)11-32-12-18(20)28)22(37)16-10-33-35(21(16)26(29,30)31)15-6-8-25(4,9-7-15)23(38)39/h10-12,15H,5-9,13-14H2,1-4H3,(H,38,39). The number of amides is 1. The van der Waals surface area contributed by atoms with E-state index in [1.54, 1.807) is 27.7 Å². The Kier molecular flexibility index (Phi) is 9.58. The first kappa shape index (κ1) is 31.8. The second-order valence-electron chi connectivity index (χ2n) is 10.7. The molecule has 40 heavy (non-hydrogen) atoms. The molecule has 1 N–H and O–H groups in total. The van der Waals surface area contributed by atoms with E-state index in [1.165, 1.54) is 12.4 Å². The topological polar surface area (TPSA) is 115 Å². The van der Waals surface area contributed by atoms with Gasteiger partial charge in [-0.2, -0.15) is 18.3 Å². The molecule has 2 heterocycles. The Morgan fingerprint density at radius 2 is 1.73 bits per heavy atom. The lowest BCUT2D eigenvalue weighted by molar-refractivity contribution is -0.152. The summed E-state index contributed by atoms with van der Waals surface area (Å²) in [4.78, 5) is 43.3. The molecule has 2 aromatic rings. The lowest BCUT2D eigenvalue weighted by Crippen LogP contribution is -2.46. The summed E-state index contributed by atoms with van der Waals surface area (Å²) in [5.41, 5.74) is -4.16. The Morgan fingerprint density at radius 1 is 1.15 bits per heavy atom. The molecule has 1 aliphatic carbocycles. The summed E-state index contributed by atoms with van der Waals surface area (Å²) in [6, 6.07) is -0.755. The van der Waals surface area contributed by atoms with Crippen LogP contribution in [0.1, 0.15) is 85.8 Å². The molecule has 9 nitrogen and oxygen atoms in total. The molecule has 1 aliphatic rings. The molecule has 0 aromatic carbocycles. The number of carbonyl (C=O) groups excluding carboxylic acids is 2. The summed E-state index contributed by atoms with van der Waals surface area (Å²) in [6.07, 6.45) is -1.14. The van der Waals surface area contributed by atoms with Crippen LogP contribution in [-0.4, -0.2) is 67.7 Å². The van der Waals surface area contributed by atoms with E-state index in [-0.39, 0.29) is 54.4 Å². The highest BCUT2D eigenvalue weighted by atomic mass is 35.5. The molecule has 0 bridgehead atoms. The van der Waals surface area contributed by atoms with Gasteiger partial charge < -0.3 is 14.7 Å². The van der Waals surface area contributed by atoms with E-state index in [0.717, 1.165) is 15.8 Å². The van der Waals surface area contributed by atoms with Gasteiger partial charge in [0.05, 0.1) is 51.0 Å². The zero-order valence-corrected chi connectivity index (χ0v) is 24.0. The SMILES string of the molecule is CCOC(C)(C)CN(CC(=O)c1c(Cl)cncc1Cl)C(=O)c1cnn(C2CCC(C)(C(=O)O)CC2)c1C(F)(F)F. The molecule has 14 heteroatoms. The van der Waals surface area contributed by atoms with Crippen LogP contribution in [0.4, 0.5) is 13.2 Å². The third-order valence-electron chi connectivity index (χ3n) is 7.08. The van der Waals surface area contributed by atoms with Crippen molar-refractivity contribution in [1.82, 2.24) is 19.7 Å². The van der Waals surface area contributed by atoms with Crippen LogP contribution in [0.5, 0.6) is 0 Å². The molecule has 3 rings (SSSR count). The molecular weight excluding hydrogens is 576 g/mol. The van der Waals surface area contributed by atoms with Crippen molar-refractivity contribution < 1.29 is 37.4 Å². The van der Waals surface area contributed by atoms with E-state index in [9.17, 15) is 32.7 Å². The minimum Gasteiger partial charge on any atom is -0.481 e. The minimum absolute atomic E-state index is 0.0663. The fourth-order valence-electron chi connectivity index (χ4n) is 4.97. The van der Waals surface area contributed by atoms with Gasteiger partial charge in [0.1, 0.15) is 0 Å².